The number of hydrogen-bond acceptors (Lipinski definition) is 3. The van der Waals surface area contributed by atoms with Crippen LogP contribution in [0, 0.1) is 0 Å². The van der Waals surface area contributed by atoms with Crippen molar-refractivity contribution in [2.24, 2.45) is 0 Å². The molecule has 0 aliphatic carbocycles. The molecule has 1 aromatic heterocycles. The molecule has 2 rings (SSSR count). The van der Waals surface area contributed by atoms with Crippen molar-refractivity contribution in [3.05, 3.63) is 24.2 Å². The van der Waals surface area contributed by atoms with Crippen LogP contribution < -0.4 is 0 Å². The number of nitrogens with zero attached hydrogens (tertiary/aromatic N) is 1. The quantitative estimate of drug-likeness (QED) is 0.769. The monoisotopic (exact) mass is 195 g/mol. The first-order valence-corrected chi connectivity index (χ1v) is 4.65. The lowest BCUT2D eigenvalue weighted by molar-refractivity contribution is -0.144. The summed E-state index contributed by atoms with van der Waals surface area (Å²) < 4.78 is 5.13. The van der Waals surface area contributed by atoms with E-state index in [0.29, 0.717) is 25.1 Å². The van der Waals surface area contributed by atoms with Gasteiger partial charge in [-0.25, -0.2) is 0 Å². The highest BCUT2D eigenvalue weighted by Gasteiger charge is 2.39. The number of furan rings is 1. The second-order valence-electron chi connectivity index (χ2n) is 3.78. The lowest BCUT2D eigenvalue weighted by Gasteiger charge is -2.29. The van der Waals surface area contributed by atoms with Gasteiger partial charge in [-0.05, 0) is 19.1 Å². The maximum atomic E-state index is 11.4. The Hall–Kier alpha value is -1.29. The van der Waals surface area contributed by atoms with E-state index in [4.69, 9.17) is 4.42 Å². The highest BCUT2D eigenvalue weighted by Crippen LogP contribution is 2.28. The summed E-state index contributed by atoms with van der Waals surface area (Å²) >= 11 is 0. The van der Waals surface area contributed by atoms with Crippen molar-refractivity contribution in [1.82, 2.24) is 4.90 Å². The Kier molecular flexibility index (Phi) is 2.07. The van der Waals surface area contributed by atoms with Crippen LogP contribution in [-0.4, -0.2) is 21.6 Å². The first kappa shape index (κ1) is 9.27. The second-order valence-corrected chi connectivity index (χ2v) is 3.78. The molecule has 4 heteroatoms. The van der Waals surface area contributed by atoms with Gasteiger partial charge in [0, 0.05) is 12.8 Å². The number of likely N-dealkylation sites (tertiary alicyclic amines) is 1. The van der Waals surface area contributed by atoms with Gasteiger partial charge in [-0.15, -0.1) is 0 Å². The molecule has 1 aliphatic rings. The molecule has 1 N–H and O–H groups in total. The van der Waals surface area contributed by atoms with Gasteiger partial charge in [-0.2, -0.15) is 0 Å². The fourth-order valence-electron chi connectivity index (χ4n) is 1.70. The molecule has 14 heavy (non-hydrogen) atoms. The molecule has 0 bridgehead atoms. The number of aliphatic hydroxyl groups is 1. The summed E-state index contributed by atoms with van der Waals surface area (Å²) in [6.07, 6.45) is 2.46. The van der Waals surface area contributed by atoms with Crippen molar-refractivity contribution in [2.75, 3.05) is 0 Å². The minimum atomic E-state index is -1.02. The van der Waals surface area contributed by atoms with E-state index in [2.05, 4.69) is 0 Å². The largest absolute Gasteiger partial charge is 0.467 e. The number of hydrogen-bond donors (Lipinski definition) is 1. The molecule has 0 saturated carbocycles. The molecule has 2 heterocycles. The van der Waals surface area contributed by atoms with Gasteiger partial charge >= 0.3 is 0 Å². The van der Waals surface area contributed by atoms with E-state index >= 15 is 0 Å². The smallest absolute Gasteiger partial charge is 0.225 e. The molecule has 1 aliphatic heterocycles. The minimum absolute atomic E-state index is 0.0219. The van der Waals surface area contributed by atoms with Gasteiger partial charge in [-0.3, -0.25) is 4.79 Å². The van der Waals surface area contributed by atoms with Crippen molar-refractivity contribution >= 4 is 5.91 Å². The van der Waals surface area contributed by atoms with Crippen LogP contribution in [0.5, 0.6) is 0 Å². The lowest BCUT2D eigenvalue weighted by atomic mass is 10.2. The normalized spacial score (nSPS) is 27.3. The van der Waals surface area contributed by atoms with Crippen molar-refractivity contribution in [3.8, 4) is 0 Å². The first-order chi connectivity index (χ1) is 6.59. The summed E-state index contributed by atoms with van der Waals surface area (Å²) in [7, 11) is 0. The van der Waals surface area contributed by atoms with E-state index in [1.54, 1.807) is 25.3 Å². The Morgan fingerprint density at radius 1 is 1.71 bits per heavy atom. The van der Waals surface area contributed by atoms with Gasteiger partial charge in [0.1, 0.15) is 11.5 Å². The zero-order valence-corrected chi connectivity index (χ0v) is 8.06. The molecule has 1 aromatic rings. The van der Waals surface area contributed by atoms with Crippen molar-refractivity contribution in [3.63, 3.8) is 0 Å². The van der Waals surface area contributed by atoms with E-state index in [0.717, 1.165) is 0 Å². The van der Waals surface area contributed by atoms with Crippen molar-refractivity contribution < 1.29 is 14.3 Å². The van der Waals surface area contributed by atoms with Crippen LogP contribution in [0.25, 0.3) is 0 Å². The third-order valence-corrected chi connectivity index (χ3v) is 2.59. The Morgan fingerprint density at radius 2 is 2.50 bits per heavy atom. The molecule has 0 radical (unpaired) electrons. The van der Waals surface area contributed by atoms with Gasteiger partial charge in [0.25, 0.3) is 0 Å². The van der Waals surface area contributed by atoms with Crippen LogP contribution in [0.2, 0.25) is 0 Å². The van der Waals surface area contributed by atoms with Gasteiger partial charge < -0.3 is 14.4 Å². The molecule has 76 valence electrons. The lowest BCUT2D eigenvalue weighted by Crippen LogP contribution is -2.42. The zero-order chi connectivity index (χ0) is 10.2. The second kappa shape index (κ2) is 3.13. The van der Waals surface area contributed by atoms with E-state index < -0.39 is 5.72 Å². The summed E-state index contributed by atoms with van der Waals surface area (Å²) in [4.78, 5) is 12.9. The third-order valence-electron chi connectivity index (χ3n) is 2.59. The minimum Gasteiger partial charge on any atom is -0.467 e. The van der Waals surface area contributed by atoms with Crippen LogP contribution in [0.15, 0.2) is 22.8 Å². The third kappa shape index (κ3) is 1.53. The maximum absolute atomic E-state index is 11.4. The summed E-state index contributed by atoms with van der Waals surface area (Å²) in [5.41, 5.74) is -1.02. The summed E-state index contributed by atoms with van der Waals surface area (Å²) in [5, 5.41) is 9.89. The molecule has 1 unspecified atom stereocenters. The van der Waals surface area contributed by atoms with Gasteiger partial charge in [-0.1, -0.05) is 0 Å². The molecule has 1 saturated heterocycles. The Balaban J connectivity index is 2.13. The maximum Gasteiger partial charge on any atom is 0.225 e. The van der Waals surface area contributed by atoms with Gasteiger partial charge in [0.2, 0.25) is 5.91 Å². The molecule has 1 amide bonds. The average molecular weight is 195 g/mol. The fourth-order valence-corrected chi connectivity index (χ4v) is 1.70. The van der Waals surface area contributed by atoms with Crippen molar-refractivity contribution in [2.45, 2.75) is 32.0 Å². The van der Waals surface area contributed by atoms with Crippen LogP contribution in [0.1, 0.15) is 25.5 Å². The topological polar surface area (TPSA) is 53.7 Å². The van der Waals surface area contributed by atoms with Crippen LogP contribution in [0.3, 0.4) is 0 Å². The van der Waals surface area contributed by atoms with Crippen molar-refractivity contribution in [1.29, 1.82) is 0 Å². The highest BCUT2D eigenvalue weighted by atomic mass is 16.3. The summed E-state index contributed by atoms with van der Waals surface area (Å²) in [6, 6.07) is 3.56. The molecule has 1 atom stereocenters. The van der Waals surface area contributed by atoms with E-state index in [-0.39, 0.29) is 5.91 Å². The molecule has 4 nitrogen and oxygen atoms in total. The van der Waals surface area contributed by atoms with E-state index in [1.165, 1.54) is 4.90 Å². The molecule has 0 spiro atoms. The SMILES string of the molecule is CC1(O)CCC(=O)N1Cc1ccco1. The molecule has 0 aromatic carbocycles. The summed E-state index contributed by atoms with van der Waals surface area (Å²) in [6.45, 7) is 2.00. The number of rotatable bonds is 2. The van der Waals surface area contributed by atoms with Crippen LogP contribution in [-0.2, 0) is 11.3 Å². The van der Waals surface area contributed by atoms with Gasteiger partial charge in [0.15, 0.2) is 0 Å². The fraction of sp³-hybridized carbons (Fsp3) is 0.500. The highest BCUT2D eigenvalue weighted by molar-refractivity contribution is 5.79. The zero-order valence-electron chi connectivity index (χ0n) is 8.06. The Bertz CT molecular complexity index is 329. The van der Waals surface area contributed by atoms with E-state index in [9.17, 15) is 9.90 Å². The number of amides is 1. The molecule has 1 fully saturated rings. The number of carbonyl (C=O) groups is 1. The Morgan fingerprint density at radius 3 is 3.00 bits per heavy atom. The summed E-state index contributed by atoms with van der Waals surface area (Å²) in [5.74, 6) is 0.673. The molecular formula is C10H13NO3. The van der Waals surface area contributed by atoms with Crippen LogP contribution in [0.4, 0.5) is 0 Å². The first-order valence-electron chi connectivity index (χ1n) is 4.65. The van der Waals surface area contributed by atoms with E-state index in [1.807, 2.05) is 0 Å². The van der Waals surface area contributed by atoms with Crippen LogP contribution >= 0.6 is 0 Å². The Labute approximate surface area is 82.1 Å². The average Bonchev–Trinajstić information content (AvgIpc) is 2.69. The predicted molar refractivity (Wildman–Crippen MR) is 49.1 cm³/mol. The standard InChI is InChI=1S/C10H13NO3/c1-10(13)5-4-9(12)11(10)7-8-3-2-6-14-8/h2-3,6,13H,4-5,7H2,1H3. The van der Waals surface area contributed by atoms with Gasteiger partial charge in [0.05, 0.1) is 12.8 Å². The number of carbonyl (C=O) groups excluding carboxylic acids is 1. The molecular weight excluding hydrogens is 182 g/mol. The predicted octanol–water partition coefficient (Wildman–Crippen LogP) is 1.11.